The molecule has 1 amide bonds. The molecule has 0 aliphatic carbocycles. The van der Waals surface area contributed by atoms with E-state index in [2.05, 4.69) is 21.2 Å². The van der Waals surface area contributed by atoms with Crippen LogP contribution < -0.4 is 14.8 Å². The highest BCUT2D eigenvalue weighted by molar-refractivity contribution is 9.10. The average molecular weight is 432 g/mol. The van der Waals surface area contributed by atoms with Gasteiger partial charge in [0.15, 0.2) is 0 Å². The third kappa shape index (κ3) is 4.15. The maximum atomic E-state index is 12.5. The van der Waals surface area contributed by atoms with E-state index in [1.807, 2.05) is 0 Å². The number of aliphatic hydroxyl groups excluding tert-OH is 1. The van der Waals surface area contributed by atoms with Gasteiger partial charge < -0.3 is 24.3 Å². The summed E-state index contributed by atoms with van der Waals surface area (Å²) >= 11 is 3.37. The molecular formula is C20H18BrNO5. The molecule has 0 spiro atoms. The summed E-state index contributed by atoms with van der Waals surface area (Å²) in [5, 5.41) is 12.0. The zero-order chi connectivity index (χ0) is 19.4. The first-order valence-electron chi connectivity index (χ1n) is 8.08. The van der Waals surface area contributed by atoms with E-state index < -0.39 is 0 Å². The molecule has 2 aromatic carbocycles. The standard InChI is InChI=1S/C20H18BrNO5/c1-25-18-7-3-12(9-16(18)21)20(24)22-13-4-6-15(19(10-13)26-2)17-8-5-14(11-23)27-17/h3-10,23H,11H2,1-2H3,(H,22,24). The molecule has 0 saturated carbocycles. The van der Waals surface area contributed by atoms with E-state index in [-0.39, 0.29) is 12.5 Å². The van der Waals surface area contributed by atoms with Gasteiger partial charge in [-0.1, -0.05) is 0 Å². The number of furan rings is 1. The summed E-state index contributed by atoms with van der Waals surface area (Å²) < 4.78 is 16.8. The number of carbonyl (C=O) groups is 1. The van der Waals surface area contributed by atoms with Gasteiger partial charge in [0.1, 0.15) is 29.6 Å². The van der Waals surface area contributed by atoms with Crippen molar-refractivity contribution >= 4 is 27.5 Å². The van der Waals surface area contributed by atoms with Crippen molar-refractivity contribution in [3.63, 3.8) is 0 Å². The molecule has 0 atom stereocenters. The summed E-state index contributed by atoms with van der Waals surface area (Å²) in [5.74, 6) is 1.98. The van der Waals surface area contributed by atoms with E-state index in [1.54, 1.807) is 62.8 Å². The Labute approximate surface area is 164 Å². The summed E-state index contributed by atoms with van der Waals surface area (Å²) in [4.78, 5) is 12.5. The van der Waals surface area contributed by atoms with Gasteiger partial charge in [-0.3, -0.25) is 4.79 Å². The number of amides is 1. The molecule has 0 radical (unpaired) electrons. The predicted molar refractivity (Wildman–Crippen MR) is 105 cm³/mol. The third-order valence-electron chi connectivity index (χ3n) is 3.96. The van der Waals surface area contributed by atoms with Gasteiger partial charge in [-0.2, -0.15) is 0 Å². The van der Waals surface area contributed by atoms with Gasteiger partial charge in [0, 0.05) is 17.3 Å². The van der Waals surface area contributed by atoms with Crippen LogP contribution in [0.15, 0.2) is 57.4 Å². The molecule has 27 heavy (non-hydrogen) atoms. The van der Waals surface area contributed by atoms with Crippen LogP contribution in [0, 0.1) is 0 Å². The topological polar surface area (TPSA) is 80.9 Å². The first-order valence-corrected chi connectivity index (χ1v) is 8.88. The minimum Gasteiger partial charge on any atom is -0.496 e. The minimum atomic E-state index is -0.256. The second-order valence-corrected chi connectivity index (χ2v) is 6.50. The Balaban J connectivity index is 1.83. The first kappa shape index (κ1) is 19.0. The monoisotopic (exact) mass is 431 g/mol. The summed E-state index contributed by atoms with van der Waals surface area (Å²) in [6.45, 7) is -0.173. The second kappa shape index (κ2) is 8.28. The van der Waals surface area contributed by atoms with Gasteiger partial charge in [-0.25, -0.2) is 0 Å². The minimum absolute atomic E-state index is 0.173. The number of aliphatic hydroxyl groups is 1. The smallest absolute Gasteiger partial charge is 0.255 e. The van der Waals surface area contributed by atoms with Crippen molar-refractivity contribution < 1.29 is 23.8 Å². The number of halogens is 1. The average Bonchev–Trinajstić information content (AvgIpc) is 3.16. The third-order valence-corrected chi connectivity index (χ3v) is 4.58. The molecule has 0 saturated heterocycles. The highest BCUT2D eigenvalue weighted by Crippen LogP contribution is 2.34. The number of methoxy groups -OCH3 is 2. The molecule has 0 unspecified atom stereocenters. The molecule has 0 aliphatic rings. The molecule has 0 bridgehead atoms. The Kier molecular flexibility index (Phi) is 5.83. The van der Waals surface area contributed by atoms with Crippen molar-refractivity contribution in [2.24, 2.45) is 0 Å². The van der Waals surface area contributed by atoms with Crippen LogP contribution in [0.5, 0.6) is 11.5 Å². The van der Waals surface area contributed by atoms with Crippen LogP contribution >= 0.6 is 15.9 Å². The highest BCUT2D eigenvalue weighted by Gasteiger charge is 2.14. The van der Waals surface area contributed by atoms with E-state index >= 15 is 0 Å². The summed E-state index contributed by atoms with van der Waals surface area (Å²) in [6.07, 6.45) is 0. The maximum Gasteiger partial charge on any atom is 0.255 e. The maximum absolute atomic E-state index is 12.5. The van der Waals surface area contributed by atoms with Gasteiger partial charge in [0.05, 0.1) is 24.3 Å². The fourth-order valence-electron chi connectivity index (χ4n) is 2.59. The van der Waals surface area contributed by atoms with Crippen LogP contribution in [-0.4, -0.2) is 25.2 Å². The van der Waals surface area contributed by atoms with Crippen molar-refractivity contribution in [1.29, 1.82) is 0 Å². The Hall–Kier alpha value is -2.77. The number of hydrogen-bond acceptors (Lipinski definition) is 5. The van der Waals surface area contributed by atoms with Gasteiger partial charge in [-0.15, -0.1) is 0 Å². The molecule has 2 N–H and O–H groups in total. The van der Waals surface area contributed by atoms with Crippen molar-refractivity contribution in [3.8, 4) is 22.8 Å². The molecule has 6 nitrogen and oxygen atoms in total. The number of anilines is 1. The predicted octanol–water partition coefficient (Wildman–Crippen LogP) is 4.47. The van der Waals surface area contributed by atoms with Crippen molar-refractivity contribution in [2.45, 2.75) is 6.61 Å². The molecule has 0 fully saturated rings. The lowest BCUT2D eigenvalue weighted by Gasteiger charge is -2.11. The zero-order valence-corrected chi connectivity index (χ0v) is 16.4. The van der Waals surface area contributed by atoms with Gasteiger partial charge in [-0.05, 0) is 58.4 Å². The Bertz CT molecular complexity index is 967. The Morgan fingerprint density at radius 1 is 1.07 bits per heavy atom. The molecule has 3 rings (SSSR count). The van der Waals surface area contributed by atoms with Gasteiger partial charge >= 0.3 is 0 Å². The molecule has 7 heteroatoms. The van der Waals surface area contributed by atoms with E-state index in [0.717, 1.165) is 5.56 Å². The summed E-state index contributed by atoms with van der Waals surface area (Å²) in [5.41, 5.74) is 1.80. The molecule has 1 aromatic heterocycles. The van der Waals surface area contributed by atoms with Crippen LogP contribution in [0.4, 0.5) is 5.69 Å². The first-order chi connectivity index (χ1) is 13.0. The summed E-state index contributed by atoms with van der Waals surface area (Å²) in [6, 6.07) is 13.8. The molecule has 3 aromatic rings. The lowest BCUT2D eigenvalue weighted by Crippen LogP contribution is -2.12. The zero-order valence-electron chi connectivity index (χ0n) is 14.8. The van der Waals surface area contributed by atoms with Crippen molar-refractivity contribution in [3.05, 3.63) is 64.3 Å². The number of rotatable bonds is 6. The quantitative estimate of drug-likeness (QED) is 0.601. The highest BCUT2D eigenvalue weighted by atomic mass is 79.9. The normalized spacial score (nSPS) is 10.5. The van der Waals surface area contributed by atoms with E-state index in [9.17, 15) is 4.79 Å². The number of ether oxygens (including phenoxy) is 2. The Morgan fingerprint density at radius 2 is 1.85 bits per heavy atom. The van der Waals surface area contributed by atoms with Crippen LogP contribution in [0.2, 0.25) is 0 Å². The lowest BCUT2D eigenvalue weighted by atomic mass is 10.1. The van der Waals surface area contributed by atoms with Crippen LogP contribution in [-0.2, 0) is 6.61 Å². The number of hydrogen-bond donors (Lipinski definition) is 2. The largest absolute Gasteiger partial charge is 0.496 e. The SMILES string of the molecule is COc1ccc(C(=O)Nc2ccc(-c3ccc(CO)o3)c(OC)c2)cc1Br. The Morgan fingerprint density at radius 3 is 2.48 bits per heavy atom. The van der Waals surface area contributed by atoms with Gasteiger partial charge in [0.2, 0.25) is 0 Å². The molecule has 140 valence electrons. The van der Waals surface area contributed by atoms with E-state index in [1.165, 1.54) is 0 Å². The lowest BCUT2D eigenvalue weighted by molar-refractivity contribution is 0.102. The van der Waals surface area contributed by atoms with Gasteiger partial charge in [0.25, 0.3) is 5.91 Å². The number of nitrogens with one attached hydrogen (secondary N) is 1. The number of carbonyl (C=O) groups excluding carboxylic acids is 1. The van der Waals surface area contributed by atoms with E-state index in [4.69, 9.17) is 19.0 Å². The van der Waals surface area contributed by atoms with Crippen LogP contribution in [0.1, 0.15) is 16.1 Å². The molecular weight excluding hydrogens is 414 g/mol. The summed E-state index contributed by atoms with van der Waals surface area (Å²) in [7, 11) is 3.11. The number of benzene rings is 2. The fourth-order valence-corrected chi connectivity index (χ4v) is 3.13. The van der Waals surface area contributed by atoms with Crippen molar-refractivity contribution in [2.75, 3.05) is 19.5 Å². The fraction of sp³-hybridized carbons (Fsp3) is 0.150. The van der Waals surface area contributed by atoms with E-state index in [0.29, 0.717) is 38.7 Å². The molecule has 1 heterocycles. The van der Waals surface area contributed by atoms with Crippen molar-refractivity contribution in [1.82, 2.24) is 0 Å². The van der Waals surface area contributed by atoms with Crippen LogP contribution in [0.3, 0.4) is 0 Å². The second-order valence-electron chi connectivity index (χ2n) is 5.64. The van der Waals surface area contributed by atoms with Crippen LogP contribution in [0.25, 0.3) is 11.3 Å². The molecule has 0 aliphatic heterocycles.